The third-order valence-electron chi connectivity index (χ3n) is 5.54. The number of nitrogens with zero attached hydrogens (tertiary/aromatic N) is 2. The predicted molar refractivity (Wildman–Crippen MR) is 113 cm³/mol. The minimum Gasteiger partial charge on any atom is -0.393 e. The number of benzene rings is 1. The van der Waals surface area contributed by atoms with Gasteiger partial charge in [-0.2, -0.15) is 0 Å². The molecule has 1 saturated carbocycles. The summed E-state index contributed by atoms with van der Waals surface area (Å²) in [7, 11) is 0. The SMILES string of the molecule is NC(=O)c1ccc(-n2cccc2Cc2cccnc2)cc1N[C@H]1CC[C@H](O)CC1. The number of pyridine rings is 1. The van der Waals surface area contributed by atoms with Gasteiger partial charge in [0.05, 0.1) is 11.7 Å². The number of aromatic nitrogens is 2. The summed E-state index contributed by atoms with van der Waals surface area (Å²) in [4.78, 5) is 16.1. The van der Waals surface area contributed by atoms with Gasteiger partial charge in [-0.05, 0) is 67.6 Å². The van der Waals surface area contributed by atoms with Gasteiger partial charge in [0.15, 0.2) is 0 Å². The van der Waals surface area contributed by atoms with Gasteiger partial charge in [-0.15, -0.1) is 0 Å². The number of carbonyl (C=O) groups is 1. The lowest BCUT2D eigenvalue weighted by molar-refractivity contribution is 0.100. The first-order chi connectivity index (χ1) is 14.1. The van der Waals surface area contributed by atoms with Gasteiger partial charge < -0.3 is 20.7 Å². The fraction of sp³-hybridized carbons (Fsp3) is 0.304. The molecule has 0 saturated heterocycles. The molecular formula is C23H26N4O2. The van der Waals surface area contributed by atoms with Crippen molar-refractivity contribution < 1.29 is 9.90 Å². The summed E-state index contributed by atoms with van der Waals surface area (Å²) in [5.41, 5.74) is 10.1. The lowest BCUT2D eigenvalue weighted by Gasteiger charge is -2.28. The highest BCUT2D eigenvalue weighted by Gasteiger charge is 2.21. The highest BCUT2D eigenvalue weighted by atomic mass is 16.3. The fourth-order valence-corrected chi connectivity index (χ4v) is 3.98. The maximum atomic E-state index is 11.9. The highest BCUT2D eigenvalue weighted by Crippen LogP contribution is 2.27. The molecule has 6 nitrogen and oxygen atoms in total. The average molecular weight is 390 g/mol. The first-order valence-electron chi connectivity index (χ1n) is 10.0. The van der Waals surface area contributed by atoms with Gasteiger partial charge >= 0.3 is 0 Å². The zero-order valence-corrected chi connectivity index (χ0v) is 16.3. The lowest BCUT2D eigenvalue weighted by Crippen LogP contribution is -2.29. The number of primary amides is 1. The van der Waals surface area contributed by atoms with Crippen LogP contribution in [0.15, 0.2) is 61.1 Å². The van der Waals surface area contributed by atoms with Crippen LogP contribution in [0.3, 0.4) is 0 Å². The number of amides is 1. The minimum absolute atomic E-state index is 0.218. The standard InChI is InChI=1S/C23H26N4O2/c24-23(29)21-10-7-19(14-22(21)26-17-5-8-20(28)9-6-17)27-12-2-4-18(27)13-16-3-1-11-25-15-16/h1-4,7,10-12,14-15,17,20,26,28H,5-6,8-9,13H2,(H2,24,29)/t17-,20-. The van der Waals surface area contributed by atoms with Gasteiger partial charge in [0.25, 0.3) is 5.91 Å². The number of rotatable bonds is 6. The zero-order chi connectivity index (χ0) is 20.2. The number of anilines is 1. The third kappa shape index (κ3) is 4.49. The second kappa shape index (κ2) is 8.49. The topological polar surface area (TPSA) is 93.2 Å². The molecule has 1 aliphatic carbocycles. The van der Waals surface area contributed by atoms with E-state index in [2.05, 4.69) is 27.0 Å². The Hall–Kier alpha value is -3.12. The Kier molecular flexibility index (Phi) is 5.62. The van der Waals surface area contributed by atoms with Crippen molar-refractivity contribution in [3.8, 4) is 5.69 Å². The molecule has 0 atom stereocenters. The summed E-state index contributed by atoms with van der Waals surface area (Å²) in [6.07, 6.45) is 9.51. The quantitative estimate of drug-likeness (QED) is 0.602. The fourth-order valence-electron chi connectivity index (χ4n) is 3.98. The van der Waals surface area contributed by atoms with E-state index >= 15 is 0 Å². The Morgan fingerprint density at radius 1 is 1.17 bits per heavy atom. The van der Waals surface area contributed by atoms with Gasteiger partial charge in [0.1, 0.15) is 0 Å². The molecule has 1 aliphatic rings. The molecule has 3 aromatic rings. The van der Waals surface area contributed by atoms with Crippen molar-refractivity contribution in [2.45, 2.75) is 44.2 Å². The van der Waals surface area contributed by atoms with Gasteiger partial charge in [0, 0.05) is 48.1 Å². The molecule has 1 amide bonds. The van der Waals surface area contributed by atoms with Crippen LogP contribution in [-0.4, -0.2) is 32.7 Å². The number of hydrogen-bond acceptors (Lipinski definition) is 4. The Balaban J connectivity index is 1.62. The van der Waals surface area contributed by atoms with Crippen LogP contribution < -0.4 is 11.1 Å². The van der Waals surface area contributed by atoms with Crippen molar-refractivity contribution in [2.24, 2.45) is 5.73 Å². The van der Waals surface area contributed by atoms with Crippen LogP contribution in [0.5, 0.6) is 0 Å². The molecule has 2 heterocycles. The minimum atomic E-state index is -0.446. The number of aliphatic hydroxyl groups excluding tert-OH is 1. The molecule has 0 radical (unpaired) electrons. The second-order valence-corrected chi connectivity index (χ2v) is 7.65. The van der Waals surface area contributed by atoms with Crippen LogP contribution in [0.1, 0.15) is 47.3 Å². The molecule has 6 heteroatoms. The number of aliphatic hydroxyl groups is 1. The van der Waals surface area contributed by atoms with E-state index in [0.29, 0.717) is 5.56 Å². The van der Waals surface area contributed by atoms with E-state index in [1.165, 1.54) is 0 Å². The van der Waals surface area contributed by atoms with Gasteiger partial charge in [-0.3, -0.25) is 9.78 Å². The van der Waals surface area contributed by atoms with Crippen molar-refractivity contribution in [3.63, 3.8) is 0 Å². The lowest BCUT2D eigenvalue weighted by atomic mass is 9.92. The first-order valence-corrected chi connectivity index (χ1v) is 10.0. The maximum absolute atomic E-state index is 11.9. The predicted octanol–water partition coefficient (Wildman–Crippen LogP) is 3.28. The zero-order valence-electron chi connectivity index (χ0n) is 16.3. The number of nitrogens with one attached hydrogen (secondary N) is 1. The molecular weight excluding hydrogens is 364 g/mol. The number of hydrogen-bond donors (Lipinski definition) is 3. The molecule has 0 bridgehead atoms. The van der Waals surface area contributed by atoms with E-state index < -0.39 is 5.91 Å². The van der Waals surface area contributed by atoms with Gasteiger partial charge in [-0.25, -0.2) is 0 Å². The van der Waals surface area contributed by atoms with E-state index in [0.717, 1.165) is 54.7 Å². The smallest absolute Gasteiger partial charge is 0.250 e. The van der Waals surface area contributed by atoms with E-state index in [9.17, 15) is 9.90 Å². The Morgan fingerprint density at radius 2 is 2.00 bits per heavy atom. The Bertz CT molecular complexity index is 976. The second-order valence-electron chi connectivity index (χ2n) is 7.65. The molecule has 0 spiro atoms. The van der Waals surface area contributed by atoms with E-state index in [4.69, 9.17) is 5.73 Å². The molecule has 0 unspecified atom stereocenters. The number of carbonyl (C=O) groups excluding carboxylic acids is 1. The van der Waals surface area contributed by atoms with Crippen LogP contribution in [-0.2, 0) is 6.42 Å². The summed E-state index contributed by atoms with van der Waals surface area (Å²) in [6.45, 7) is 0. The van der Waals surface area contributed by atoms with Crippen LogP contribution in [0.25, 0.3) is 5.69 Å². The van der Waals surface area contributed by atoms with Crippen molar-refractivity contribution in [1.29, 1.82) is 0 Å². The highest BCUT2D eigenvalue weighted by molar-refractivity contribution is 5.99. The molecule has 150 valence electrons. The molecule has 1 fully saturated rings. The number of nitrogens with two attached hydrogens (primary N) is 1. The summed E-state index contributed by atoms with van der Waals surface area (Å²) < 4.78 is 2.12. The van der Waals surface area contributed by atoms with Crippen molar-refractivity contribution in [3.05, 3.63) is 77.9 Å². The normalized spacial score (nSPS) is 19.1. The van der Waals surface area contributed by atoms with E-state index in [-0.39, 0.29) is 12.1 Å². The van der Waals surface area contributed by atoms with Crippen molar-refractivity contribution in [2.75, 3.05) is 5.32 Å². The summed E-state index contributed by atoms with van der Waals surface area (Å²) in [5, 5.41) is 13.2. The third-order valence-corrected chi connectivity index (χ3v) is 5.54. The average Bonchev–Trinajstić information content (AvgIpc) is 3.18. The maximum Gasteiger partial charge on any atom is 0.250 e. The van der Waals surface area contributed by atoms with Gasteiger partial charge in [0.2, 0.25) is 0 Å². The molecule has 29 heavy (non-hydrogen) atoms. The van der Waals surface area contributed by atoms with Crippen LogP contribution in [0.2, 0.25) is 0 Å². The molecule has 0 aliphatic heterocycles. The van der Waals surface area contributed by atoms with Crippen LogP contribution >= 0.6 is 0 Å². The summed E-state index contributed by atoms with van der Waals surface area (Å²) in [5.74, 6) is -0.446. The monoisotopic (exact) mass is 390 g/mol. The summed E-state index contributed by atoms with van der Waals surface area (Å²) in [6, 6.07) is 14.0. The van der Waals surface area contributed by atoms with E-state index in [1.807, 2.05) is 36.7 Å². The Labute approximate surface area is 170 Å². The largest absolute Gasteiger partial charge is 0.393 e. The first kappa shape index (κ1) is 19.2. The van der Waals surface area contributed by atoms with Crippen molar-refractivity contribution >= 4 is 11.6 Å². The molecule has 4 N–H and O–H groups in total. The molecule has 4 rings (SSSR count). The van der Waals surface area contributed by atoms with Crippen LogP contribution in [0, 0.1) is 0 Å². The van der Waals surface area contributed by atoms with E-state index in [1.54, 1.807) is 12.3 Å². The molecule has 1 aromatic carbocycles. The van der Waals surface area contributed by atoms with Crippen LogP contribution in [0.4, 0.5) is 5.69 Å². The van der Waals surface area contributed by atoms with Crippen molar-refractivity contribution in [1.82, 2.24) is 9.55 Å². The Morgan fingerprint density at radius 3 is 2.72 bits per heavy atom. The molecule has 2 aromatic heterocycles. The van der Waals surface area contributed by atoms with Gasteiger partial charge in [-0.1, -0.05) is 6.07 Å². The summed E-state index contributed by atoms with van der Waals surface area (Å²) >= 11 is 0.